The summed E-state index contributed by atoms with van der Waals surface area (Å²) in [6, 6.07) is 5.77. The highest BCUT2D eigenvalue weighted by Gasteiger charge is 2.35. The number of benzene rings is 1. The summed E-state index contributed by atoms with van der Waals surface area (Å²) in [6.07, 6.45) is 3.03. The molecule has 2 amide bonds. The van der Waals surface area contributed by atoms with Crippen LogP contribution in [0.4, 0.5) is 11.5 Å². The molecular weight excluding hydrogens is 268 g/mol. The Bertz CT molecular complexity index is 694. The maximum Gasteiger partial charge on any atom is 0.318 e. The van der Waals surface area contributed by atoms with Gasteiger partial charge in [0.25, 0.3) is 0 Å². The van der Waals surface area contributed by atoms with E-state index in [-0.39, 0.29) is 0 Å². The third kappa shape index (κ3) is 2.18. The van der Waals surface area contributed by atoms with Gasteiger partial charge < -0.3 is 9.88 Å². The Labute approximate surface area is 122 Å². The number of piperazine rings is 1. The van der Waals surface area contributed by atoms with Gasteiger partial charge in [0.1, 0.15) is 5.82 Å². The Hall–Kier alpha value is -2.63. The highest BCUT2D eigenvalue weighted by atomic mass is 16.2. The number of imidazole rings is 1. The molecule has 1 aromatic carbocycles. The Balaban J connectivity index is 1.90. The summed E-state index contributed by atoms with van der Waals surface area (Å²) in [5, 5.41) is 0. The summed E-state index contributed by atoms with van der Waals surface area (Å²) in [4.78, 5) is 34.4. The molecule has 0 saturated carbocycles. The number of amides is 2. The first-order valence-corrected chi connectivity index (χ1v) is 6.77. The fourth-order valence-electron chi connectivity index (χ4n) is 2.52. The fourth-order valence-corrected chi connectivity index (χ4v) is 2.52. The quantitative estimate of drug-likeness (QED) is 0.848. The highest BCUT2D eigenvalue weighted by molar-refractivity contribution is 6.45. The highest BCUT2D eigenvalue weighted by Crippen LogP contribution is 2.25. The lowest BCUT2D eigenvalue weighted by molar-refractivity contribution is -0.136. The maximum atomic E-state index is 12.4. The molecule has 2 aromatic rings. The Morgan fingerprint density at radius 2 is 1.81 bits per heavy atom. The van der Waals surface area contributed by atoms with Gasteiger partial charge in [-0.05, 0) is 31.0 Å². The van der Waals surface area contributed by atoms with Crippen molar-refractivity contribution in [1.29, 1.82) is 0 Å². The molecule has 1 N–H and O–H groups in total. The van der Waals surface area contributed by atoms with Gasteiger partial charge in [-0.15, -0.1) is 0 Å². The van der Waals surface area contributed by atoms with Gasteiger partial charge in [0.2, 0.25) is 0 Å². The molecular formula is C15H16N4O2. The Morgan fingerprint density at radius 1 is 1.10 bits per heavy atom. The molecule has 2 heterocycles. The standard InChI is InChI=1S/C15H16N4O2/c1-10-4-3-5-12(11(10)2)18-6-7-19(15(21)14(18)20)13-8-16-9-17-13/h3-5,8-9H,6-7H2,1-2H3,(H,16,17). The van der Waals surface area contributed by atoms with Gasteiger partial charge >= 0.3 is 11.8 Å². The minimum absolute atomic E-state index is 0.445. The van der Waals surface area contributed by atoms with Gasteiger partial charge in [-0.25, -0.2) is 4.98 Å². The molecule has 0 bridgehead atoms. The zero-order valence-corrected chi connectivity index (χ0v) is 12.0. The number of anilines is 2. The third-order valence-corrected chi connectivity index (χ3v) is 3.86. The van der Waals surface area contributed by atoms with Crippen LogP contribution >= 0.6 is 0 Å². The van der Waals surface area contributed by atoms with E-state index < -0.39 is 11.8 Å². The average molecular weight is 284 g/mol. The molecule has 6 heteroatoms. The second-order valence-corrected chi connectivity index (χ2v) is 5.07. The monoisotopic (exact) mass is 284 g/mol. The first-order valence-electron chi connectivity index (χ1n) is 6.77. The summed E-state index contributed by atoms with van der Waals surface area (Å²) in [7, 11) is 0. The van der Waals surface area contributed by atoms with Crippen LogP contribution in [0.2, 0.25) is 0 Å². The van der Waals surface area contributed by atoms with E-state index in [0.717, 1.165) is 16.8 Å². The van der Waals surface area contributed by atoms with Crippen molar-refractivity contribution in [2.24, 2.45) is 0 Å². The van der Waals surface area contributed by atoms with Crippen LogP contribution in [0.15, 0.2) is 30.7 Å². The number of aromatic nitrogens is 2. The van der Waals surface area contributed by atoms with Crippen LogP contribution in [-0.2, 0) is 9.59 Å². The topological polar surface area (TPSA) is 69.3 Å². The Kier molecular flexibility index (Phi) is 3.21. The number of nitrogens with zero attached hydrogens (tertiary/aromatic N) is 3. The fraction of sp³-hybridized carbons (Fsp3) is 0.267. The van der Waals surface area contributed by atoms with E-state index in [1.54, 1.807) is 11.1 Å². The lowest BCUT2D eigenvalue weighted by Crippen LogP contribution is -2.55. The predicted molar refractivity (Wildman–Crippen MR) is 79.2 cm³/mol. The number of aromatic amines is 1. The average Bonchev–Trinajstić information content (AvgIpc) is 2.99. The number of hydrogen-bond acceptors (Lipinski definition) is 3. The molecule has 0 spiro atoms. The van der Waals surface area contributed by atoms with E-state index in [2.05, 4.69) is 9.97 Å². The van der Waals surface area contributed by atoms with Gasteiger partial charge in [-0.3, -0.25) is 14.5 Å². The number of H-pyrrole nitrogens is 1. The van der Waals surface area contributed by atoms with E-state index in [1.807, 2.05) is 32.0 Å². The lowest BCUT2D eigenvalue weighted by atomic mass is 10.1. The normalized spacial score (nSPS) is 15.7. The van der Waals surface area contributed by atoms with Crippen molar-refractivity contribution >= 4 is 23.3 Å². The molecule has 0 unspecified atom stereocenters. The smallest absolute Gasteiger partial charge is 0.318 e. The van der Waals surface area contributed by atoms with Gasteiger partial charge in [-0.1, -0.05) is 12.1 Å². The first-order chi connectivity index (χ1) is 10.1. The maximum absolute atomic E-state index is 12.4. The second kappa shape index (κ2) is 5.05. The summed E-state index contributed by atoms with van der Waals surface area (Å²) in [6.45, 7) is 4.86. The number of nitrogens with one attached hydrogen (secondary N) is 1. The van der Waals surface area contributed by atoms with Crippen LogP contribution in [0.3, 0.4) is 0 Å². The van der Waals surface area contributed by atoms with Gasteiger partial charge in [0.15, 0.2) is 0 Å². The van der Waals surface area contributed by atoms with Crippen molar-refractivity contribution in [1.82, 2.24) is 9.97 Å². The predicted octanol–water partition coefficient (Wildman–Crippen LogP) is 1.41. The Morgan fingerprint density at radius 3 is 2.52 bits per heavy atom. The van der Waals surface area contributed by atoms with E-state index in [9.17, 15) is 9.59 Å². The number of hydrogen-bond donors (Lipinski definition) is 1. The molecule has 108 valence electrons. The molecule has 1 aliphatic heterocycles. The number of carbonyl (C=O) groups excluding carboxylic acids is 2. The SMILES string of the molecule is Cc1cccc(N2CCN(c3cnc[nH]3)C(=O)C2=O)c1C. The van der Waals surface area contributed by atoms with E-state index in [4.69, 9.17) is 0 Å². The summed E-state index contributed by atoms with van der Waals surface area (Å²) in [5.74, 6) is -0.495. The molecule has 3 rings (SSSR count). The van der Waals surface area contributed by atoms with Crippen molar-refractivity contribution in [3.8, 4) is 0 Å². The van der Waals surface area contributed by atoms with E-state index in [0.29, 0.717) is 18.9 Å². The minimum atomic E-state index is -0.536. The molecule has 0 aliphatic carbocycles. The van der Waals surface area contributed by atoms with Crippen molar-refractivity contribution < 1.29 is 9.59 Å². The van der Waals surface area contributed by atoms with E-state index in [1.165, 1.54) is 11.2 Å². The minimum Gasteiger partial charge on any atom is -0.331 e. The zero-order valence-electron chi connectivity index (χ0n) is 12.0. The van der Waals surface area contributed by atoms with Crippen LogP contribution in [0.5, 0.6) is 0 Å². The molecule has 0 atom stereocenters. The lowest BCUT2D eigenvalue weighted by Gasteiger charge is -2.33. The summed E-state index contributed by atoms with van der Waals surface area (Å²) in [5.41, 5.74) is 2.93. The first kappa shape index (κ1) is 13.4. The van der Waals surface area contributed by atoms with Crippen molar-refractivity contribution in [3.05, 3.63) is 41.9 Å². The van der Waals surface area contributed by atoms with Crippen LogP contribution in [0.1, 0.15) is 11.1 Å². The van der Waals surface area contributed by atoms with E-state index >= 15 is 0 Å². The molecule has 1 saturated heterocycles. The number of aryl methyl sites for hydroxylation is 1. The van der Waals surface area contributed by atoms with Crippen LogP contribution in [-0.4, -0.2) is 34.9 Å². The van der Waals surface area contributed by atoms with Crippen molar-refractivity contribution in [2.75, 3.05) is 22.9 Å². The molecule has 1 aliphatic rings. The number of carbonyl (C=O) groups is 2. The summed E-state index contributed by atoms with van der Waals surface area (Å²) >= 11 is 0. The second-order valence-electron chi connectivity index (χ2n) is 5.07. The molecule has 1 fully saturated rings. The van der Waals surface area contributed by atoms with Crippen molar-refractivity contribution in [2.45, 2.75) is 13.8 Å². The van der Waals surface area contributed by atoms with Crippen LogP contribution in [0.25, 0.3) is 0 Å². The largest absolute Gasteiger partial charge is 0.331 e. The molecule has 0 radical (unpaired) electrons. The summed E-state index contributed by atoms with van der Waals surface area (Å²) < 4.78 is 0. The number of rotatable bonds is 2. The molecule has 21 heavy (non-hydrogen) atoms. The van der Waals surface area contributed by atoms with Gasteiger partial charge in [0, 0.05) is 18.8 Å². The van der Waals surface area contributed by atoms with Gasteiger partial charge in [-0.2, -0.15) is 0 Å². The zero-order chi connectivity index (χ0) is 15.0. The molecule has 6 nitrogen and oxygen atoms in total. The van der Waals surface area contributed by atoms with Gasteiger partial charge in [0.05, 0.1) is 12.5 Å². The molecule has 1 aromatic heterocycles. The third-order valence-electron chi connectivity index (χ3n) is 3.86. The van der Waals surface area contributed by atoms with Crippen LogP contribution < -0.4 is 9.80 Å². The van der Waals surface area contributed by atoms with Crippen LogP contribution in [0, 0.1) is 13.8 Å². The van der Waals surface area contributed by atoms with Crippen molar-refractivity contribution in [3.63, 3.8) is 0 Å².